The minimum Gasteiger partial charge on any atom is -0.465 e. The largest absolute Gasteiger partial charge is 0.465 e. The van der Waals surface area contributed by atoms with Crippen LogP contribution in [0, 0.1) is 6.92 Å². The Morgan fingerprint density at radius 2 is 1.71 bits per heavy atom. The summed E-state index contributed by atoms with van der Waals surface area (Å²) in [5.74, 6) is -1.31. The summed E-state index contributed by atoms with van der Waals surface area (Å²) in [7, 11) is -1.36. The van der Waals surface area contributed by atoms with Crippen molar-refractivity contribution < 1.29 is 22.7 Å². The minimum atomic E-state index is -3.98. The van der Waals surface area contributed by atoms with Gasteiger partial charge in [0, 0.05) is 25.0 Å². The van der Waals surface area contributed by atoms with Gasteiger partial charge in [-0.1, -0.05) is 12.1 Å². The Morgan fingerprint density at radius 1 is 1.03 bits per heavy atom. The van der Waals surface area contributed by atoms with Crippen molar-refractivity contribution in [3.63, 3.8) is 0 Å². The zero-order valence-electron chi connectivity index (χ0n) is 21.3. The molecule has 0 aromatic heterocycles. The molecule has 2 N–H and O–H groups in total. The number of hydrogen-bond donors (Lipinski definition) is 2. The predicted octanol–water partition coefficient (Wildman–Crippen LogP) is 4.29. The van der Waals surface area contributed by atoms with Crippen molar-refractivity contribution in [3.8, 4) is 0 Å². The molecule has 3 aromatic rings. The molecule has 1 aliphatic rings. The highest BCUT2D eigenvalue weighted by molar-refractivity contribution is 7.90. The van der Waals surface area contributed by atoms with Gasteiger partial charge >= 0.3 is 5.97 Å². The minimum absolute atomic E-state index is 0.0376. The van der Waals surface area contributed by atoms with Gasteiger partial charge in [-0.2, -0.15) is 0 Å². The first-order valence-electron chi connectivity index (χ1n) is 11.8. The number of methoxy groups -OCH3 is 1. The third kappa shape index (κ3) is 5.28. The fourth-order valence-corrected chi connectivity index (χ4v) is 5.11. The Balaban J connectivity index is 1.80. The highest BCUT2D eigenvalue weighted by atomic mass is 32.2. The topological polar surface area (TPSA) is 130 Å². The Hall–Kier alpha value is -4.51. The number of amides is 1. The maximum Gasteiger partial charge on any atom is 0.337 e. The number of aryl methyl sites for hydroxylation is 1. The Morgan fingerprint density at radius 3 is 2.37 bits per heavy atom. The van der Waals surface area contributed by atoms with Gasteiger partial charge in [-0.05, 0) is 74.0 Å². The zero-order chi connectivity index (χ0) is 27.4. The number of ether oxygens (including phenoxy) is 1. The van der Waals surface area contributed by atoms with Gasteiger partial charge in [-0.3, -0.25) is 9.10 Å². The van der Waals surface area contributed by atoms with Crippen LogP contribution in [0.25, 0.3) is 0 Å². The second-order valence-corrected chi connectivity index (χ2v) is 10.3. The Labute approximate surface area is 221 Å². The number of fused-ring (bicyclic) bond motifs is 1. The highest BCUT2D eigenvalue weighted by Crippen LogP contribution is 2.32. The fourth-order valence-electron chi connectivity index (χ4n) is 3.83. The molecule has 1 aliphatic heterocycles. The number of anilines is 2. The predicted molar refractivity (Wildman–Crippen MR) is 147 cm³/mol. The van der Waals surface area contributed by atoms with Crippen molar-refractivity contribution in [1.29, 1.82) is 0 Å². The maximum atomic E-state index is 13.6. The van der Waals surface area contributed by atoms with Gasteiger partial charge in [0.05, 0.1) is 24.0 Å². The normalized spacial score (nSPS) is 14.3. The van der Waals surface area contributed by atoms with E-state index in [1.165, 1.54) is 44.5 Å². The molecule has 3 aromatic carbocycles. The van der Waals surface area contributed by atoms with Crippen LogP contribution in [0.4, 0.5) is 22.7 Å². The number of carbonyl (C=O) groups is 2. The van der Waals surface area contributed by atoms with Gasteiger partial charge in [0.25, 0.3) is 15.9 Å². The Bertz CT molecular complexity index is 1560. The van der Waals surface area contributed by atoms with Gasteiger partial charge in [0.15, 0.2) is 11.5 Å². The third-order valence-corrected chi connectivity index (χ3v) is 7.62. The molecule has 0 bridgehead atoms. The quantitative estimate of drug-likeness (QED) is 0.344. The summed E-state index contributed by atoms with van der Waals surface area (Å²) in [6.45, 7) is 4.57. The van der Waals surface area contributed by atoms with E-state index in [2.05, 4.69) is 20.6 Å². The molecule has 196 valence electrons. The van der Waals surface area contributed by atoms with E-state index in [0.29, 0.717) is 16.9 Å². The van der Waals surface area contributed by atoms with E-state index in [1.807, 2.05) is 26.0 Å². The van der Waals surface area contributed by atoms with E-state index >= 15 is 0 Å². The smallest absolute Gasteiger partial charge is 0.337 e. The maximum absolute atomic E-state index is 13.6. The van der Waals surface area contributed by atoms with Crippen molar-refractivity contribution in [2.45, 2.75) is 18.7 Å². The summed E-state index contributed by atoms with van der Waals surface area (Å²) in [5.41, 5.74) is 2.85. The van der Waals surface area contributed by atoms with E-state index in [-0.39, 0.29) is 22.1 Å². The number of nitrogens with one attached hydrogen (secondary N) is 2. The van der Waals surface area contributed by atoms with Gasteiger partial charge < -0.3 is 15.4 Å². The van der Waals surface area contributed by atoms with Crippen molar-refractivity contribution in [1.82, 2.24) is 4.31 Å². The lowest BCUT2D eigenvalue weighted by Crippen LogP contribution is -2.44. The lowest BCUT2D eigenvalue weighted by Gasteiger charge is -2.26. The van der Waals surface area contributed by atoms with Crippen LogP contribution in [0.15, 0.2) is 81.6 Å². The van der Waals surface area contributed by atoms with Gasteiger partial charge in [-0.25, -0.2) is 23.2 Å². The molecular formula is C27H27N5O5S. The van der Waals surface area contributed by atoms with E-state index in [0.717, 1.165) is 22.1 Å². The molecule has 0 saturated heterocycles. The number of nitrogens with zero attached hydrogens (tertiary/aromatic N) is 3. The third-order valence-electron chi connectivity index (χ3n) is 5.83. The molecule has 4 rings (SSSR count). The van der Waals surface area contributed by atoms with Gasteiger partial charge in [0.2, 0.25) is 0 Å². The molecule has 0 radical (unpaired) electrons. The number of sulfonamides is 1. The number of hydrogen-bond acceptors (Lipinski definition) is 8. The van der Waals surface area contributed by atoms with Crippen molar-refractivity contribution in [2.75, 3.05) is 31.3 Å². The molecular weight excluding hydrogens is 506 g/mol. The average molecular weight is 534 g/mol. The lowest BCUT2D eigenvalue weighted by molar-refractivity contribution is -0.110. The van der Waals surface area contributed by atoms with Crippen molar-refractivity contribution in [2.24, 2.45) is 9.98 Å². The van der Waals surface area contributed by atoms with Gasteiger partial charge in [-0.15, -0.1) is 0 Å². The highest BCUT2D eigenvalue weighted by Gasteiger charge is 2.36. The van der Waals surface area contributed by atoms with Crippen LogP contribution in [-0.4, -0.2) is 56.8 Å². The molecule has 0 aliphatic carbocycles. The number of amidine groups is 1. The summed E-state index contributed by atoms with van der Waals surface area (Å²) < 4.78 is 32.2. The number of benzene rings is 3. The van der Waals surface area contributed by atoms with Gasteiger partial charge in [0.1, 0.15) is 4.90 Å². The second-order valence-electron chi connectivity index (χ2n) is 8.39. The summed E-state index contributed by atoms with van der Waals surface area (Å²) in [4.78, 5) is 34.5. The zero-order valence-corrected chi connectivity index (χ0v) is 22.2. The molecule has 0 atom stereocenters. The van der Waals surface area contributed by atoms with E-state index in [9.17, 15) is 18.0 Å². The van der Waals surface area contributed by atoms with Crippen LogP contribution in [0.5, 0.6) is 0 Å². The molecule has 11 heteroatoms. The fraction of sp³-hybridized carbons (Fsp3) is 0.185. The molecule has 0 fully saturated rings. The van der Waals surface area contributed by atoms with Crippen LogP contribution >= 0.6 is 0 Å². The Kier molecular flexibility index (Phi) is 7.58. The molecule has 0 saturated carbocycles. The molecule has 10 nitrogen and oxygen atoms in total. The van der Waals surface area contributed by atoms with Crippen LogP contribution in [-0.2, 0) is 19.6 Å². The molecule has 1 heterocycles. The number of esters is 1. The molecule has 0 unspecified atom stereocenters. The summed E-state index contributed by atoms with van der Waals surface area (Å²) in [6, 6.07) is 17.9. The first-order chi connectivity index (χ1) is 18.1. The first-order valence-corrected chi connectivity index (χ1v) is 13.2. The standard InChI is InChI=1S/C27H27N5O5S/c1-5-28-20-14-15-21(17(2)16-20)30-24(26(33)29-19-12-10-18(11-13-19)27(34)37-4)25-31-22-8-6-7-9-23(22)38(35,36)32(25)3/h6-16,28H,5H2,1-4H3,(H,29,33)/b30-24-. The number of carbonyl (C=O) groups excluding carboxylic acids is 2. The first kappa shape index (κ1) is 26.6. The second kappa shape index (κ2) is 10.9. The molecule has 0 spiro atoms. The van der Waals surface area contributed by atoms with E-state index < -0.39 is 21.9 Å². The summed E-state index contributed by atoms with van der Waals surface area (Å²) in [6.07, 6.45) is 0. The van der Waals surface area contributed by atoms with E-state index in [1.54, 1.807) is 24.3 Å². The molecule has 38 heavy (non-hydrogen) atoms. The van der Waals surface area contributed by atoms with Crippen molar-refractivity contribution >= 4 is 56.2 Å². The van der Waals surface area contributed by atoms with Crippen LogP contribution < -0.4 is 10.6 Å². The van der Waals surface area contributed by atoms with Crippen molar-refractivity contribution in [3.05, 3.63) is 77.9 Å². The lowest BCUT2D eigenvalue weighted by atomic mass is 10.1. The van der Waals surface area contributed by atoms with E-state index in [4.69, 9.17) is 4.74 Å². The van der Waals surface area contributed by atoms with Crippen LogP contribution in [0.3, 0.4) is 0 Å². The van der Waals surface area contributed by atoms with Crippen LogP contribution in [0.2, 0.25) is 0 Å². The average Bonchev–Trinajstić information content (AvgIpc) is 2.91. The van der Waals surface area contributed by atoms with Crippen LogP contribution in [0.1, 0.15) is 22.8 Å². The number of aliphatic imine (C=N–C) groups is 2. The SMILES string of the molecule is CCNc1ccc(/N=C(\C(=O)Nc2ccc(C(=O)OC)cc2)C2=Nc3ccccc3S(=O)(=O)N2C)c(C)c1. The number of rotatable bonds is 7. The number of para-hydroxylation sites is 1. The summed E-state index contributed by atoms with van der Waals surface area (Å²) >= 11 is 0. The molecule has 1 amide bonds. The monoisotopic (exact) mass is 533 g/mol. The summed E-state index contributed by atoms with van der Waals surface area (Å²) in [5, 5.41) is 5.95.